The molecule has 1 atom stereocenters. The molecule has 7 nitrogen and oxygen atoms in total. The Hall–Kier alpha value is -2.39. The molecular weight excluding hydrogens is 360 g/mol. The minimum absolute atomic E-state index is 0.185. The summed E-state index contributed by atoms with van der Waals surface area (Å²) in [7, 11) is 0. The van der Waals surface area contributed by atoms with Crippen molar-refractivity contribution in [3.63, 3.8) is 0 Å². The summed E-state index contributed by atoms with van der Waals surface area (Å²) in [6, 6.07) is 8.28. The van der Waals surface area contributed by atoms with Gasteiger partial charge in [-0.05, 0) is 11.1 Å². The first-order chi connectivity index (χ1) is 13.3. The number of carbonyl (C=O) groups excluding carboxylic acids is 1. The first-order valence-corrected chi connectivity index (χ1v) is 9.86. The maximum atomic E-state index is 11.1. The predicted octanol–water partition coefficient (Wildman–Crippen LogP) is 1.66. The van der Waals surface area contributed by atoms with Gasteiger partial charge in [-0.15, -0.1) is 11.3 Å². The van der Waals surface area contributed by atoms with Gasteiger partial charge in [0.25, 0.3) is 0 Å². The quantitative estimate of drug-likeness (QED) is 0.535. The minimum Gasteiger partial charge on any atom is -0.368 e. The van der Waals surface area contributed by atoms with E-state index in [1.165, 1.54) is 0 Å². The molecule has 140 valence electrons. The van der Waals surface area contributed by atoms with Crippen LogP contribution in [0.1, 0.15) is 5.56 Å². The van der Waals surface area contributed by atoms with Crippen molar-refractivity contribution < 1.29 is 4.79 Å². The lowest BCUT2D eigenvalue weighted by Crippen LogP contribution is -2.39. The van der Waals surface area contributed by atoms with Crippen molar-refractivity contribution in [1.29, 1.82) is 0 Å². The van der Waals surface area contributed by atoms with Gasteiger partial charge in [-0.25, -0.2) is 9.97 Å². The van der Waals surface area contributed by atoms with E-state index in [1.807, 2.05) is 0 Å². The maximum Gasteiger partial charge on any atom is 0.151 e. The normalized spacial score (nSPS) is 17.4. The van der Waals surface area contributed by atoms with Crippen LogP contribution in [-0.2, 0) is 11.3 Å². The van der Waals surface area contributed by atoms with Crippen molar-refractivity contribution in [2.45, 2.75) is 12.7 Å². The SMILES string of the molecule is NCc1ccc(-c2csc3ncnc(NCCN4CCNC4C=O)c23)cc1. The molecule has 1 unspecified atom stereocenters. The summed E-state index contributed by atoms with van der Waals surface area (Å²) in [5.41, 5.74) is 9.06. The molecule has 0 saturated carbocycles. The summed E-state index contributed by atoms with van der Waals surface area (Å²) >= 11 is 1.61. The number of carbonyl (C=O) groups is 1. The molecule has 0 radical (unpaired) electrons. The molecule has 1 aliphatic rings. The fourth-order valence-corrected chi connectivity index (χ4v) is 4.29. The number of aromatic nitrogens is 2. The molecule has 0 bridgehead atoms. The number of nitrogens with two attached hydrogens (primary N) is 1. The maximum absolute atomic E-state index is 11.1. The lowest BCUT2D eigenvalue weighted by atomic mass is 10.0. The zero-order valence-electron chi connectivity index (χ0n) is 14.9. The highest BCUT2D eigenvalue weighted by Crippen LogP contribution is 2.36. The van der Waals surface area contributed by atoms with E-state index in [-0.39, 0.29) is 6.17 Å². The van der Waals surface area contributed by atoms with E-state index in [0.29, 0.717) is 13.1 Å². The molecule has 0 aliphatic carbocycles. The van der Waals surface area contributed by atoms with E-state index in [1.54, 1.807) is 17.7 Å². The van der Waals surface area contributed by atoms with Crippen LogP contribution >= 0.6 is 11.3 Å². The Balaban J connectivity index is 1.55. The van der Waals surface area contributed by atoms with Crippen LogP contribution in [0.25, 0.3) is 21.3 Å². The van der Waals surface area contributed by atoms with Crippen LogP contribution in [0.3, 0.4) is 0 Å². The molecule has 1 aromatic carbocycles. The van der Waals surface area contributed by atoms with Crippen LogP contribution in [0.4, 0.5) is 5.82 Å². The summed E-state index contributed by atoms with van der Waals surface area (Å²) < 4.78 is 0. The average Bonchev–Trinajstić information content (AvgIpc) is 3.35. The molecule has 0 spiro atoms. The highest BCUT2D eigenvalue weighted by atomic mass is 32.1. The second-order valence-corrected chi connectivity index (χ2v) is 7.31. The summed E-state index contributed by atoms with van der Waals surface area (Å²) in [6.45, 7) is 3.73. The van der Waals surface area contributed by atoms with Crippen LogP contribution in [0.15, 0.2) is 36.0 Å². The van der Waals surface area contributed by atoms with Crippen LogP contribution in [-0.4, -0.2) is 53.5 Å². The second kappa shape index (κ2) is 8.10. The number of hydrogen-bond acceptors (Lipinski definition) is 8. The van der Waals surface area contributed by atoms with E-state index in [9.17, 15) is 4.79 Å². The van der Waals surface area contributed by atoms with E-state index >= 15 is 0 Å². The molecule has 1 aliphatic heterocycles. The number of benzene rings is 1. The third-order valence-corrected chi connectivity index (χ3v) is 5.72. The molecule has 1 saturated heterocycles. The van der Waals surface area contributed by atoms with E-state index in [0.717, 1.165) is 58.6 Å². The molecule has 4 N–H and O–H groups in total. The Labute approximate surface area is 161 Å². The van der Waals surface area contributed by atoms with Crippen molar-refractivity contribution in [2.75, 3.05) is 31.5 Å². The number of aldehydes is 1. The van der Waals surface area contributed by atoms with Crippen LogP contribution in [0, 0.1) is 0 Å². The first kappa shape index (κ1) is 18.0. The number of nitrogens with zero attached hydrogens (tertiary/aromatic N) is 3. The zero-order valence-corrected chi connectivity index (χ0v) is 15.7. The highest BCUT2D eigenvalue weighted by Gasteiger charge is 2.22. The molecule has 27 heavy (non-hydrogen) atoms. The lowest BCUT2D eigenvalue weighted by Gasteiger charge is -2.19. The van der Waals surface area contributed by atoms with Gasteiger partial charge in [-0.1, -0.05) is 24.3 Å². The highest BCUT2D eigenvalue weighted by molar-refractivity contribution is 7.17. The van der Waals surface area contributed by atoms with Crippen molar-refractivity contribution >= 4 is 33.7 Å². The summed E-state index contributed by atoms with van der Waals surface area (Å²) in [4.78, 5) is 23.0. The summed E-state index contributed by atoms with van der Waals surface area (Å²) in [6.07, 6.45) is 2.36. The van der Waals surface area contributed by atoms with Gasteiger partial charge >= 0.3 is 0 Å². The van der Waals surface area contributed by atoms with Gasteiger partial charge in [0, 0.05) is 43.7 Å². The Morgan fingerprint density at radius 1 is 1.33 bits per heavy atom. The molecule has 3 aromatic rings. The fraction of sp³-hybridized carbons (Fsp3) is 0.316. The first-order valence-electron chi connectivity index (χ1n) is 8.98. The Morgan fingerprint density at radius 2 is 2.19 bits per heavy atom. The molecule has 2 aromatic heterocycles. The predicted molar refractivity (Wildman–Crippen MR) is 109 cm³/mol. The fourth-order valence-electron chi connectivity index (χ4n) is 3.37. The number of nitrogens with one attached hydrogen (secondary N) is 2. The van der Waals surface area contributed by atoms with E-state index in [4.69, 9.17) is 5.73 Å². The molecule has 4 rings (SSSR count). The minimum atomic E-state index is -0.185. The summed E-state index contributed by atoms with van der Waals surface area (Å²) in [5.74, 6) is 0.828. The largest absolute Gasteiger partial charge is 0.368 e. The van der Waals surface area contributed by atoms with Gasteiger partial charge < -0.3 is 15.8 Å². The van der Waals surface area contributed by atoms with Gasteiger partial charge in [0.2, 0.25) is 0 Å². The van der Waals surface area contributed by atoms with Crippen LogP contribution in [0.2, 0.25) is 0 Å². The lowest BCUT2D eigenvalue weighted by molar-refractivity contribution is -0.112. The smallest absolute Gasteiger partial charge is 0.151 e. The third kappa shape index (κ3) is 3.70. The number of hydrogen-bond donors (Lipinski definition) is 3. The van der Waals surface area contributed by atoms with Crippen LogP contribution < -0.4 is 16.4 Å². The number of thiophene rings is 1. The number of fused-ring (bicyclic) bond motifs is 1. The molecule has 0 amide bonds. The topological polar surface area (TPSA) is 96.2 Å². The number of rotatable bonds is 7. The van der Waals surface area contributed by atoms with Gasteiger partial charge in [0.05, 0.1) is 5.39 Å². The monoisotopic (exact) mass is 382 g/mol. The standard InChI is InChI=1S/C19H22N6OS/c20-9-13-1-3-14(4-2-13)15-11-27-19-17(15)18(23-12-24-19)22-6-8-25-7-5-21-16(25)10-26/h1-4,10-12,16,21H,5-9,20H2,(H,22,23,24). The molecule has 3 heterocycles. The van der Waals surface area contributed by atoms with Gasteiger partial charge in [-0.3, -0.25) is 10.2 Å². The van der Waals surface area contributed by atoms with E-state index < -0.39 is 0 Å². The zero-order chi connectivity index (χ0) is 18.6. The van der Waals surface area contributed by atoms with Crippen molar-refractivity contribution in [3.05, 3.63) is 41.5 Å². The van der Waals surface area contributed by atoms with Gasteiger partial charge in [0.1, 0.15) is 23.1 Å². The third-order valence-electron chi connectivity index (χ3n) is 4.84. The Kier molecular flexibility index (Phi) is 5.40. The van der Waals surface area contributed by atoms with Gasteiger partial charge in [0.15, 0.2) is 6.29 Å². The second-order valence-electron chi connectivity index (χ2n) is 6.45. The average molecular weight is 382 g/mol. The number of anilines is 1. The van der Waals surface area contributed by atoms with E-state index in [2.05, 4.69) is 55.1 Å². The van der Waals surface area contributed by atoms with Crippen molar-refractivity contribution in [1.82, 2.24) is 20.2 Å². The molecule has 8 heteroatoms. The molecule has 1 fully saturated rings. The van der Waals surface area contributed by atoms with Crippen LogP contribution in [0.5, 0.6) is 0 Å². The Morgan fingerprint density at radius 3 is 2.96 bits per heavy atom. The van der Waals surface area contributed by atoms with Crippen molar-refractivity contribution in [2.24, 2.45) is 5.73 Å². The Bertz CT molecular complexity index is 926. The van der Waals surface area contributed by atoms with Gasteiger partial charge in [-0.2, -0.15) is 0 Å². The van der Waals surface area contributed by atoms with Crippen molar-refractivity contribution in [3.8, 4) is 11.1 Å². The molecular formula is C19H22N6OS. The summed E-state index contributed by atoms with van der Waals surface area (Å²) in [5, 5.41) is 9.75.